The van der Waals surface area contributed by atoms with Crippen LogP contribution in [-0.2, 0) is 0 Å². The van der Waals surface area contributed by atoms with E-state index in [0.717, 1.165) is 15.4 Å². The summed E-state index contributed by atoms with van der Waals surface area (Å²) in [6, 6.07) is 5.67. The van der Waals surface area contributed by atoms with E-state index in [-0.39, 0.29) is 13.0 Å². The SMILES string of the molecule is CC(CCCOc1cc2cc[nH]c2cc1Br)C(F)(F)F. The van der Waals surface area contributed by atoms with E-state index in [0.29, 0.717) is 12.2 Å². The predicted molar refractivity (Wildman–Crippen MR) is 75.9 cm³/mol. The van der Waals surface area contributed by atoms with Crippen LogP contribution in [0.4, 0.5) is 13.2 Å². The van der Waals surface area contributed by atoms with Crippen molar-refractivity contribution in [3.05, 3.63) is 28.9 Å². The fourth-order valence-corrected chi connectivity index (χ4v) is 2.36. The molecule has 0 aliphatic carbocycles. The molecule has 6 heteroatoms. The van der Waals surface area contributed by atoms with E-state index in [9.17, 15) is 13.2 Å². The predicted octanol–water partition coefficient (Wildman–Crippen LogP) is 5.29. The first-order valence-corrected chi connectivity index (χ1v) is 7.13. The third-order valence-electron chi connectivity index (χ3n) is 3.20. The van der Waals surface area contributed by atoms with Crippen molar-refractivity contribution in [1.29, 1.82) is 0 Å². The third-order valence-corrected chi connectivity index (χ3v) is 3.82. The number of aromatic amines is 1. The Kier molecular flexibility index (Phi) is 4.62. The Balaban J connectivity index is 1.88. The highest BCUT2D eigenvalue weighted by molar-refractivity contribution is 9.10. The normalized spacial score (nSPS) is 13.7. The van der Waals surface area contributed by atoms with Gasteiger partial charge in [-0.3, -0.25) is 0 Å². The zero-order valence-corrected chi connectivity index (χ0v) is 12.5. The van der Waals surface area contributed by atoms with Gasteiger partial charge in [-0.1, -0.05) is 6.92 Å². The molecule has 1 atom stereocenters. The van der Waals surface area contributed by atoms with E-state index in [4.69, 9.17) is 4.74 Å². The van der Waals surface area contributed by atoms with Crippen molar-refractivity contribution in [2.24, 2.45) is 5.92 Å². The number of hydrogen-bond donors (Lipinski definition) is 1. The van der Waals surface area contributed by atoms with Gasteiger partial charge in [0.05, 0.1) is 17.0 Å². The molecule has 0 bridgehead atoms. The molecular weight excluding hydrogens is 335 g/mol. The minimum atomic E-state index is -4.12. The van der Waals surface area contributed by atoms with Gasteiger partial charge in [0.1, 0.15) is 5.75 Å². The van der Waals surface area contributed by atoms with Crippen molar-refractivity contribution >= 4 is 26.8 Å². The Hall–Kier alpha value is -1.17. The van der Waals surface area contributed by atoms with Crippen LogP contribution in [0.1, 0.15) is 19.8 Å². The Morgan fingerprint density at radius 1 is 1.35 bits per heavy atom. The molecule has 1 aromatic heterocycles. The van der Waals surface area contributed by atoms with Crippen molar-refractivity contribution in [3.63, 3.8) is 0 Å². The largest absolute Gasteiger partial charge is 0.492 e. The Bertz CT molecular complexity index is 579. The number of aromatic nitrogens is 1. The fraction of sp³-hybridized carbons (Fsp3) is 0.429. The van der Waals surface area contributed by atoms with Crippen molar-refractivity contribution in [1.82, 2.24) is 4.98 Å². The molecule has 0 fully saturated rings. The summed E-state index contributed by atoms with van der Waals surface area (Å²) < 4.78 is 43.4. The van der Waals surface area contributed by atoms with Crippen LogP contribution in [0.15, 0.2) is 28.9 Å². The van der Waals surface area contributed by atoms with Gasteiger partial charge in [0.2, 0.25) is 0 Å². The van der Waals surface area contributed by atoms with Crippen LogP contribution in [0.2, 0.25) is 0 Å². The average molecular weight is 350 g/mol. The van der Waals surface area contributed by atoms with Gasteiger partial charge < -0.3 is 9.72 Å². The average Bonchev–Trinajstić information content (AvgIpc) is 2.80. The molecule has 1 heterocycles. The summed E-state index contributed by atoms with van der Waals surface area (Å²) in [4.78, 5) is 3.08. The van der Waals surface area contributed by atoms with E-state index in [1.807, 2.05) is 24.4 Å². The molecule has 2 nitrogen and oxygen atoms in total. The second-order valence-corrected chi connectivity index (χ2v) is 5.64. The molecule has 0 radical (unpaired) electrons. The van der Waals surface area contributed by atoms with Gasteiger partial charge in [0.15, 0.2) is 0 Å². The molecular formula is C14H15BrF3NO. The topological polar surface area (TPSA) is 25.0 Å². The molecule has 1 N–H and O–H groups in total. The number of rotatable bonds is 5. The third kappa shape index (κ3) is 3.69. The molecule has 0 amide bonds. The van der Waals surface area contributed by atoms with Gasteiger partial charge in [0.25, 0.3) is 0 Å². The van der Waals surface area contributed by atoms with Crippen LogP contribution in [-0.4, -0.2) is 17.8 Å². The number of hydrogen-bond acceptors (Lipinski definition) is 1. The summed E-state index contributed by atoms with van der Waals surface area (Å²) >= 11 is 3.39. The quantitative estimate of drug-likeness (QED) is 0.729. The lowest BCUT2D eigenvalue weighted by Crippen LogP contribution is -2.20. The van der Waals surface area contributed by atoms with Crippen LogP contribution in [0.25, 0.3) is 10.9 Å². The maximum Gasteiger partial charge on any atom is 0.391 e. The van der Waals surface area contributed by atoms with Crippen molar-refractivity contribution in [2.75, 3.05) is 6.61 Å². The number of halogens is 4. The first-order chi connectivity index (χ1) is 9.38. The smallest absolute Gasteiger partial charge is 0.391 e. The number of fused-ring (bicyclic) bond motifs is 1. The second-order valence-electron chi connectivity index (χ2n) is 4.78. The van der Waals surface area contributed by atoms with Crippen LogP contribution < -0.4 is 4.74 Å². The lowest BCUT2D eigenvalue weighted by Gasteiger charge is -2.15. The standard InChI is InChI=1S/C14H15BrF3NO/c1-9(14(16,17)18)3-2-6-20-13-7-10-4-5-19-12(10)8-11(13)15/h4-5,7-9,19H,2-3,6H2,1H3. The van der Waals surface area contributed by atoms with Crippen LogP contribution in [0.3, 0.4) is 0 Å². The molecule has 0 spiro atoms. The summed E-state index contributed by atoms with van der Waals surface area (Å²) in [6.07, 6.45) is -1.84. The molecule has 0 aliphatic rings. The molecule has 2 rings (SSSR count). The number of alkyl halides is 3. The molecule has 0 saturated carbocycles. The Morgan fingerprint density at radius 3 is 2.80 bits per heavy atom. The van der Waals surface area contributed by atoms with E-state index >= 15 is 0 Å². The highest BCUT2D eigenvalue weighted by Gasteiger charge is 2.35. The molecule has 20 heavy (non-hydrogen) atoms. The zero-order chi connectivity index (χ0) is 14.8. The fourth-order valence-electron chi connectivity index (χ4n) is 1.90. The number of nitrogens with one attached hydrogen (secondary N) is 1. The van der Waals surface area contributed by atoms with Gasteiger partial charge in [-0.15, -0.1) is 0 Å². The molecule has 0 saturated heterocycles. The van der Waals surface area contributed by atoms with Gasteiger partial charge in [-0.2, -0.15) is 13.2 Å². The summed E-state index contributed by atoms with van der Waals surface area (Å²) in [5.41, 5.74) is 0.981. The minimum Gasteiger partial charge on any atom is -0.492 e. The highest BCUT2D eigenvalue weighted by atomic mass is 79.9. The summed E-state index contributed by atoms with van der Waals surface area (Å²) in [5.74, 6) is -0.640. The van der Waals surface area contributed by atoms with Crippen LogP contribution >= 0.6 is 15.9 Å². The summed E-state index contributed by atoms with van der Waals surface area (Å²) in [7, 11) is 0. The summed E-state index contributed by atoms with van der Waals surface area (Å²) in [6.45, 7) is 1.47. The zero-order valence-electron chi connectivity index (χ0n) is 10.9. The van der Waals surface area contributed by atoms with Crippen molar-refractivity contribution in [2.45, 2.75) is 25.9 Å². The maximum absolute atomic E-state index is 12.4. The van der Waals surface area contributed by atoms with Gasteiger partial charge in [-0.05, 0) is 47.0 Å². The van der Waals surface area contributed by atoms with Gasteiger partial charge in [-0.25, -0.2) is 0 Å². The summed E-state index contributed by atoms with van der Waals surface area (Å²) in [5, 5.41) is 1.01. The highest BCUT2D eigenvalue weighted by Crippen LogP contribution is 2.31. The van der Waals surface area contributed by atoms with E-state index in [1.165, 1.54) is 6.92 Å². The molecule has 2 aromatic rings. The Labute approximate surface area is 123 Å². The van der Waals surface area contributed by atoms with Gasteiger partial charge in [0, 0.05) is 17.1 Å². The van der Waals surface area contributed by atoms with E-state index < -0.39 is 12.1 Å². The lowest BCUT2D eigenvalue weighted by molar-refractivity contribution is -0.171. The monoisotopic (exact) mass is 349 g/mol. The van der Waals surface area contributed by atoms with Crippen molar-refractivity contribution < 1.29 is 17.9 Å². The Morgan fingerprint density at radius 2 is 2.10 bits per heavy atom. The van der Waals surface area contributed by atoms with E-state index in [1.54, 1.807) is 0 Å². The van der Waals surface area contributed by atoms with Crippen molar-refractivity contribution in [3.8, 4) is 5.75 Å². The molecule has 1 aromatic carbocycles. The number of ether oxygens (including phenoxy) is 1. The van der Waals surface area contributed by atoms with Crippen LogP contribution in [0, 0.1) is 5.92 Å². The molecule has 1 unspecified atom stereocenters. The molecule has 0 aliphatic heterocycles. The first kappa shape index (κ1) is 15.2. The number of H-pyrrole nitrogens is 1. The van der Waals surface area contributed by atoms with Gasteiger partial charge >= 0.3 is 6.18 Å². The first-order valence-electron chi connectivity index (χ1n) is 6.34. The minimum absolute atomic E-state index is 0.0769. The molecule has 110 valence electrons. The van der Waals surface area contributed by atoms with E-state index in [2.05, 4.69) is 20.9 Å². The number of benzene rings is 1. The second kappa shape index (κ2) is 6.08. The lowest BCUT2D eigenvalue weighted by atomic mass is 10.1. The van der Waals surface area contributed by atoms with Crippen LogP contribution in [0.5, 0.6) is 5.75 Å². The maximum atomic E-state index is 12.4.